The first-order valence-electron chi connectivity index (χ1n) is 5.42. The van der Waals surface area contributed by atoms with E-state index in [2.05, 4.69) is 0 Å². The second kappa shape index (κ2) is 4.23. The molecule has 0 aromatic heterocycles. The Balaban J connectivity index is 2.32. The van der Waals surface area contributed by atoms with Crippen LogP contribution in [0.5, 0.6) is 0 Å². The van der Waals surface area contributed by atoms with Gasteiger partial charge in [0.05, 0.1) is 6.10 Å². The maximum absolute atomic E-state index is 11.3. The second-order valence-corrected chi connectivity index (χ2v) is 4.06. The van der Waals surface area contributed by atoms with Crippen LogP contribution in [-0.2, 0) is 11.2 Å². The molecule has 0 bridgehead atoms. The number of hydrogen-bond acceptors (Lipinski definition) is 3. The van der Waals surface area contributed by atoms with Crippen LogP contribution in [0.4, 0.5) is 5.69 Å². The van der Waals surface area contributed by atoms with Crippen molar-refractivity contribution in [1.82, 2.24) is 0 Å². The quantitative estimate of drug-likeness (QED) is 0.766. The Morgan fingerprint density at radius 2 is 2.38 bits per heavy atom. The van der Waals surface area contributed by atoms with E-state index >= 15 is 0 Å². The number of anilines is 1. The lowest BCUT2D eigenvalue weighted by Crippen LogP contribution is -2.25. The Bertz CT molecular complexity index is 417. The molecule has 1 aromatic carbocycles. The lowest BCUT2D eigenvalue weighted by Gasteiger charge is -2.15. The number of nitrogens with zero attached hydrogens (tertiary/aromatic N) is 1. The molecule has 0 aliphatic carbocycles. The zero-order chi connectivity index (χ0) is 11.7. The minimum absolute atomic E-state index is 0.0610. The van der Waals surface area contributed by atoms with E-state index in [0.717, 1.165) is 29.8 Å². The van der Waals surface area contributed by atoms with E-state index in [9.17, 15) is 9.90 Å². The third-order valence-electron chi connectivity index (χ3n) is 2.99. The predicted octanol–water partition coefficient (Wildman–Crippen LogP) is 0.588. The molecule has 1 aromatic rings. The molecule has 0 saturated carbocycles. The summed E-state index contributed by atoms with van der Waals surface area (Å²) in [6.45, 7) is 2.51. The third-order valence-corrected chi connectivity index (χ3v) is 2.99. The maximum atomic E-state index is 11.3. The number of aliphatic hydroxyl groups excluding tert-OH is 1. The van der Waals surface area contributed by atoms with Crippen LogP contribution in [0.25, 0.3) is 0 Å². The molecular weight excluding hydrogens is 204 g/mol. The highest BCUT2D eigenvalue weighted by atomic mass is 16.3. The van der Waals surface area contributed by atoms with Crippen LogP contribution in [-0.4, -0.2) is 24.1 Å². The topological polar surface area (TPSA) is 66.6 Å². The van der Waals surface area contributed by atoms with Crippen molar-refractivity contribution < 1.29 is 9.90 Å². The molecule has 1 heterocycles. The molecule has 2 rings (SSSR count). The SMILES string of the molecule is CC(=O)N1CCc2cc(C(O)CN)ccc21. The molecule has 0 fully saturated rings. The second-order valence-electron chi connectivity index (χ2n) is 4.06. The Morgan fingerprint density at radius 3 is 3.00 bits per heavy atom. The Labute approximate surface area is 94.7 Å². The van der Waals surface area contributed by atoms with Gasteiger partial charge in [0, 0.05) is 25.7 Å². The molecule has 0 radical (unpaired) electrons. The van der Waals surface area contributed by atoms with Gasteiger partial charge in [-0.2, -0.15) is 0 Å². The predicted molar refractivity (Wildman–Crippen MR) is 62.2 cm³/mol. The molecule has 1 aliphatic rings. The fourth-order valence-corrected chi connectivity index (χ4v) is 2.09. The molecule has 3 N–H and O–H groups in total. The van der Waals surface area contributed by atoms with Crippen LogP contribution >= 0.6 is 0 Å². The number of aliphatic hydroxyl groups is 1. The number of benzene rings is 1. The molecule has 0 spiro atoms. The Morgan fingerprint density at radius 1 is 1.62 bits per heavy atom. The summed E-state index contributed by atoms with van der Waals surface area (Å²) >= 11 is 0. The van der Waals surface area contributed by atoms with Gasteiger partial charge in [-0.15, -0.1) is 0 Å². The normalized spacial score (nSPS) is 16.1. The molecular formula is C12H16N2O2. The van der Waals surface area contributed by atoms with Crippen molar-refractivity contribution in [2.75, 3.05) is 18.0 Å². The molecule has 1 atom stereocenters. The van der Waals surface area contributed by atoms with E-state index in [1.165, 1.54) is 0 Å². The number of nitrogens with two attached hydrogens (primary N) is 1. The minimum atomic E-state index is -0.614. The average Bonchev–Trinajstić information content (AvgIpc) is 2.70. The van der Waals surface area contributed by atoms with Crippen molar-refractivity contribution >= 4 is 11.6 Å². The van der Waals surface area contributed by atoms with Gasteiger partial charge in [-0.05, 0) is 23.6 Å². The van der Waals surface area contributed by atoms with Crippen molar-refractivity contribution in [3.63, 3.8) is 0 Å². The monoisotopic (exact) mass is 220 g/mol. The average molecular weight is 220 g/mol. The summed E-state index contributed by atoms with van der Waals surface area (Å²) in [6, 6.07) is 5.66. The summed E-state index contributed by atoms with van der Waals surface area (Å²) < 4.78 is 0. The molecule has 1 aliphatic heterocycles. The minimum Gasteiger partial charge on any atom is -0.387 e. The molecule has 4 heteroatoms. The van der Waals surface area contributed by atoms with Crippen molar-refractivity contribution in [2.45, 2.75) is 19.4 Å². The molecule has 1 amide bonds. The van der Waals surface area contributed by atoms with E-state index in [1.54, 1.807) is 11.8 Å². The highest BCUT2D eigenvalue weighted by Gasteiger charge is 2.22. The number of carbonyl (C=O) groups excluding carboxylic acids is 1. The van der Waals surface area contributed by atoms with Gasteiger partial charge < -0.3 is 15.7 Å². The highest BCUT2D eigenvalue weighted by molar-refractivity contribution is 5.93. The lowest BCUT2D eigenvalue weighted by atomic mass is 10.0. The van der Waals surface area contributed by atoms with Gasteiger partial charge in [-0.25, -0.2) is 0 Å². The zero-order valence-corrected chi connectivity index (χ0v) is 9.31. The molecule has 16 heavy (non-hydrogen) atoms. The van der Waals surface area contributed by atoms with Gasteiger partial charge in [-0.1, -0.05) is 12.1 Å². The summed E-state index contributed by atoms with van der Waals surface area (Å²) in [7, 11) is 0. The van der Waals surface area contributed by atoms with Crippen molar-refractivity contribution in [2.24, 2.45) is 5.73 Å². The van der Waals surface area contributed by atoms with Crippen LogP contribution in [0.3, 0.4) is 0 Å². The van der Waals surface area contributed by atoms with Crippen LogP contribution in [0, 0.1) is 0 Å². The van der Waals surface area contributed by atoms with Crippen LogP contribution in [0.1, 0.15) is 24.2 Å². The van der Waals surface area contributed by atoms with E-state index in [-0.39, 0.29) is 12.5 Å². The van der Waals surface area contributed by atoms with E-state index in [1.807, 2.05) is 18.2 Å². The number of amides is 1. The third kappa shape index (κ3) is 1.81. The largest absolute Gasteiger partial charge is 0.387 e. The highest BCUT2D eigenvalue weighted by Crippen LogP contribution is 2.30. The van der Waals surface area contributed by atoms with Crippen molar-refractivity contribution in [1.29, 1.82) is 0 Å². The van der Waals surface area contributed by atoms with Gasteiger partial charge in [0.1, 0.15) is 0 Å². The lowest BCUT2D eigenvalue weighted by molar-refractivity contribution is -0.116. The van der Waals surface area contributed by atoms with Gasteiger partial charge in [-0.3, -0.25) is 4.79 Å². The molecule has 1 unspecified atom stereocenters. The molecule has 86 valence electrons. The van der Waals surface area contributed by atoms with Gasteiger partial charge in [0.2, 0.25) is 5.91 Å². The summed E-state index contributed by atoms with van der Waals surface area (Å²) in [5.41, 5.74) is 8.31. The first kappa shape index (κ1) is 11.1. The van der Waals surface area contributed by atoms with Gasteiger partial charge in [0.15, 0.2) is 0 Å². The fraction of sp³-hybridized carbons (Fsp3) is 0.417. The summed E-state index contributed by atoms with van der Waals surface area (Å²) in [4.78, 5) is 13.1. The number of fused-ring (bicyclic) bond motifs is 1. The standard InChI is InChI=1S/C12H16N2O2/c1-8(15)14-5-4-9-6-10(12(16)7-13)2-3-11(9)14/h2-3,6,12,16H,4-5,7,13H2,1H3. The van der Waals surface area contributed by atoms with Crippen LogP contribution in [0.2, 0.25) is 0 Å². The smallest absolute Gasteiger partial charge is 0.223 e. The Hall–Kier alpha value is -1.39. The van der Waals surface area contributed by atoms with Gasteiger partial charge >= 0.3 is 0 Å². The molecule has 4 nitrogen and oxygen atoms in total. The molecule has 0 saturated heterocycles. The van der Waals surface area contributed by atoms with E-state index in [0.29, 0.717) is 0 Å². The number of rotatable bonds is 2. The first-order chi connectivity index (χ1) is 7.63. The number of hydrogen-bond donors (Lipinski definition) is 2. The summed E-state index contributed by atoms with van der Waals surface area (Å²) in [5, 5.41) is 9.63. The maximum Gasteiger partial charge on any atom is 0.223 e. The summed E-state index contributed by atoms with van der Waals surface area (Å²) in [6.07, 6.45) is 0.233. The number of carbonyl (C=O) groups is 1. The van der Waals surface area contributed by atoms with Crippen molar-refractivity contribution in [3.8, 4) is 0 Å². The zero-order valence-electron chi connectivity index (χ0n) is 9.31. The van der Waals surface area contributed by atoms with Crippen LogP contribution < -0.4 is 10.6 Å². The Kier molecular flexibility index (Phi) is 2.94. The van der Waals surface area contributed by atoms with E-state index < -0.39 is 6.10 Å². The fourth-order valence-electron chi connectivity index (χ4n) is 2.09. The van der Waals surface area contributed by atoms with Crippen LogP contribution in [0.15, 0.2) is 18.2 Å². The summed E-state index contributed by atoms with van der Waals surface area (Å²) in [5.74, 6) is 0.0610. The van der Waals surface area contributed by atoms with Gasteiger partial charge in [0.25, 0.3) is 0 Å². The van der Waals surface area contributed by atoms with Crippen molar-refractivity contribution in [3.05, 3.63) is 29.3 Å². The van der Waals surface area contributed by atoms with E-state index in [4.69, 9.17) is 5.73 Å². The first-order valence-corrected chi connectivity index (χ1v) is 5.42.